The van der Waals surface area contributed by atoms with E-state index >= 15 is 0 Å². The molecule has 1 aromatic carbocycles. The first-order chi connectivity index (χ1) is 11.2. The Kier molecular flexibility index (Phi) is 3.50. The van der Waals surface area contributed by atoms with Crippen LogP contribution in [0.3, 0.4) is 0 Å². The molecule has 1 amide bonds. The summed E-state index contributed by atoms with van der Waals surface area (Å²) in [5.74, 6) is -0.281. The maximum absolute atomic E-state index is 13.7. The van der Waals surface area contributed by atoms with Crippen LogP contribution in [0.15, 0.2) is 60.1 Å². The number of aromatic nitrogens is 1. The summed E-state index contributed by atoms with van der Waals surface area (Å²) >= 11 is 1.44. The van der Waals surface area contributed by atoms with Gasteiger partial charge in [-0.1, -0.05) is 18.2 Å². The van der Waals surface area contributed by atoms with Crippen molar-refractivity contribution in [3.05, 3.63) is 82.1 Å². The first-order valence-corrected chi connectivity index (χ1v) is 8.37. The van der Waals surface area contributed by atoms with Crippen molar-refractivity contribution in [1.29, 1.82) is 0 Å². The van der Waals surface area contributed by atoms with Gasteiger partial charge in [-0.15, -0.1) is 11.3 Å². The van der Waals surface area contributed by atoms with Crippen molar-refractivity contribution in [3.8, 4) is 0 Å². The third kappa shape index (κ3) is 2.47. The zero-order chi connectivity index (χ0) is 15.8. The summed E-state index contributed by atoms with van der Waals surface area (Å²) in [7, 11) is 0. The van der Waals surface area contributed by atoms with Gasteiger partial charge in [0.15, 0.2) is 0 Å². The van der Waals surface area contributed by atoms with E-state index in [9.17, 15) is 9.18 Å². The van der Waals surface area contributed by atoms with Crippen LogP contribution in [0.1, 0.15) is 27.0 Å². The lowest BCUT2D eigenvalue weighted by Crippen LogP contribution is -2.42. The number of amides is 1. The third-order valence-corrected chi connectivity index (χ3v) is 5.05. The van der Waals surface area contributed by atoms with E-state index in [-0.39, 0.29) is 17.8 Å². The predicted octanol–water partition coefficient (Wildman–Crippen LogP) is 3.93. The number of nitrogens with zero attached hydrogens (tertiary/aromatic N) is 2. The summed E-state index contributed by atoms with van der Waals surface area (Å²) in [6.07, 6.45) is 2.01. The van der Waals surface area contributed by atoms with Crippen molar-refractivity contribution in [2.45, 2.75) is 12.6 Å². The molecule has 4 rings (SSSR count). The Labute approximate surface area is 137 Å². The Morgan fingerprint density at radius 2 is 2.04 bits per heavy atom. The Morgan fingerprint density at radius 1 is 1.13 bits per heavy atom. The fourth-order valence-corrected chi connectivity index (χ4v) is 3.85. The number of fused-ring (bicyclic) bond motifs is 1. The summed E-state index contributed by atoms with van der Waals surface area (Å²) in [4.78, 5) is 15.5. The van der Waals surface area contributed by atoms with Crippen molar-refractivity contribution in [1.82, 2.24) is 9.47 Å². The Bertz CT molecular complexity index is 840. The van der Waals surface area contributed by atoms with Crippen LogP contribution in [0.4, 0.5) is 4.39 Å². The number of benzene rings is 1. The molecule has 1 aliphatic rings. The van der Waals surface area contributed by atoms with E-state index in [0.717, 1.165) is 17.8 Å². The number of carbonyl (C=O) groups excluding carboxylic acids is 1. The molecule has 0 N–H and O–H groups in total. The normalized spacial score (nSPS) is 17.1. The molecule has 0 radical (unpaired) electrons. The fourth-order valence-electron chi connectivity index (χ4n) is 3.17. The van der Waals surface area contributed by atoms with Gasteiger partial charge in [0.1, 0.15) is 5.82 Å². The highest BCUT2D eigenvalue weighted by molar-refractivity contribution is 7.12. The molecule has 0 fully saturated rings. The average Bonchev–Trinajstić information content (AvgIpc) is 3.24. The van der Waals surface area contributed by atoms with Crippen LogP contribution in [0.25, 0.3) is 0 Å². The first-order valence-electron chi connectivity index (χ1n) is 7.49. The molecule has 3 heterocycles. The van der Waals surface area contributed by atoms with Gasteiger partial charge in [-0.25, -0.2) is 4.39 Å². The second-order valence-corrected chi connectivity index (χ2v) is 6.51. The molecule has 116 valence electrons. The Balaban J connectivity index is 1.81. The van der Waals surface area contributed by atoms with Crippen molar-refractivity contribution in [3.63, 3.8) is 0 Å². The summed E-state index contributed by atoms with van der Waals surface area (Å²) in [5.41, 5.74) is 1.82. The zero-order valence-corrected chi connectivity index (χ0v) is 13.2. The van der Waals surface area contributed by atoms with Gasteiger partial charge in [-0.05, 0) is 41.3 Å². The lowest BCUT2D eigenvalue weighted by atomic mass is 9.99. The predicted molar refractivity (Wildman–Crippen MR) is 88.0 cm³/mol. The van der Waals surface area contributed by atoms with Gasteiger partial charge in [0, 0.05) is 25.0 Å². The van der Waals surface area contributed by atoms with Crippen LogP contribution in [-0.2, 0) is 6.54 Å². The molecule has 0 saturated carbocycles. The van der Waals surface area contributed by atoms with Gasteiger partial charge in [-0.2, -0.15) is 0 Å². The molecule has 23 heavy (non-hydrogen) atoms. The van der Waals surface area contributed by atoms with Crippen LogP contribution in [0.5, 0.6) is 0 Å². The second kappa shape index (κ2) is 5.66. The minimum Gasteiger partial charge on any atom is -0.348 e. The van der Waals surface area contributed by atoms with Crippen molar-refractivity contribution in [2.75, 3.05) is 6.54 Å². The largest absolute Gasteiger partial charge is 0.348 e. The highest BCUT2D eigenvalue weighted by Gasteiger charge is 2.33. The van der Waals surface area contributed by atoms with Gasteiger partial charge in [-0.3, -0.25) is 4.79 Å². The maximum atomic E-state index is 13.7. The minimum absolute atomic E-state index is 0.00158. The van der Waals surface area contributed by atoms with E-state index in [0.29, 0.717) is 11.4 Å². The Morgan fingerprint density at radius 3 is 2.83 bits per heavy atom. The van der Waals surface area contributed by atoms with Crippen LogP contribution >= 0.6 is 11.3 Å². The van der Waals surface area contributed by atoms with Crippen molar-refractivity contribution in [2.24, 2.45) is 0 Å². The molecule has 3 nitrogen and oxygen atoms in total. The average molecular weight is 326 g/mol. The van der Waals surface area contributed by atoms with E-state index in [2.05, 4.69) is 4.57 Å². The van der Waals surface area contributed by atoms with Gasteiger partial charge in [0.05, 0.1) is 10.9 Å². The molecule has 2 aromatic heterocycles. The van der Waals surface area contributed by atoms with Gasteiger partial charge < -0.3 is 9.47 Å². The minimum atomic E-state index is -0.283. The lowest BCUT2D eigenvalue weighted by Gasteiger charge is -2.37. The lowest BCUT2D eigenvalue weighted by molar-refractivity contribution is 0.0669. The second-order valence-electron chi connectivity index (χ2n) is 5.56. The van der Waals surface area contributed by atoms with Crippen molar-refractivity contribution >= 4 is 17.2 Å². The summed E-state index contributed by atoms with van der Waals surface area (Å²) in [6, 6.07) is 13.9. The maximum Gasteiger partial charge on any atom is 0.264 e. The Hall–Kier alpha value is -2.40. The smallest absolute Gasteiger partial charge is 0.264 e. The molecule has 1 aliphatic heterocycles. The topological polar surface area (TPSA) is 25.2 Å². The van der Waals surface area contributed by atoms with Gasteiger partial charge in [0.25, 0.3) is 5.91 Å². The van der Waals surface area contributed by atoms with E-state index < -0.39 is 0 Å². The SMILES string of the molecule is O=C(c1cccs1)N1CCn2cccc2C1c1cccc(F)c1. The summed E-state index contributed by atoms with van der Waals surface area (Å²) in [5, 5.41) is 1.90. The van der Waals surface area contributed by atoms with E-state index in [4.69, 9.17) is 0 Å². The molecule has 3 aromatic rings. The third-order valence-electron chi connectivity index (χ3n) is 4.20. The van der Waals surface area contributed by atoms with Crippen LogP contribution in [0.2, 0.25) is 0 Å². The van der Waals surface area contributed by atoms with Crippen LogP contribution in [0, 0.1) is 5.82 Å². The fraction of sp³-hybridized carbons (Fsp3) is 0.167. The molecule has 0 aliphatic carbocycles. The van der Waals surface area contributed by atoms with Crippen LogP contribution < -0.4 is 0 Å². The van der Waals surface area contributed by atoms with E-state index in [1.54, 1.807) is 6.07 Å². The number of hydrogen-bond donors (Lipinski definition) is 0. The van der Waals surface area contributed by atoms with E-state index in [1.807, 2.05) is 46.8 Å². The summed E-state index contributed by atoms with van der Waals surface area (Å²) in [6.45, 7) is 1.37. The standard InChI is InChI=1S/C18H15FN2OS/c19-14-5-1-4-13(12-14)17-15-6-2-8-20(15)9-10-21(17)18(22)16-7-3-11-23-16/h1-8,11-12,17H,9-10H2. The molecule has 1 atom stereocenters. The highest BCUT2D eigenvalue weighted by atomic mass is 32.1. The number of halogens is 1. The number of hydrogen-bond acceptors (Lipinski definition) is 2. The number of rotatable bonds is 2. The van der Waals surface area contributed by atoms with Crippen molar-refractivity contribution < 1.29 is 9.18 Å². The molecule has 0 spiro atoms. The first kappa shape index (κ1) is 14.2. The van der Waals surface area contributed by atoms with Gasteiger partial charge in [0.2, 0.25) is 0 Å². The quantitative estimate of drug-likeness (QED) is 0.700. The highest BCUT2D eigenvalue weighted by Crippen LogP contribution is 2.34. The molecular weight excluding hydrogens is 311 g/mol. The molecule has 0 saturated heterocycles. The molecular formula is C18H15FN2OS. The van der Waals surface area contributed by atoms with Crippen LogP contribution in [-0.4, -0.2) is 21.9 Å². The molecule has 1 unspecified atom stereocenters. The van der Waals surface area contributed by atoms with Gasteiger partial charge >= 0.3 is 0 Å². The summed E-state index contributed by atoms with van der Waals surface area (Å²) < 4.78 is 15.9. The zero-order valence-electron chi connectivity index (χ0n) is 12.4. The molecule has 0 bridgehead atoms. The number of thiophene rings is 1. The monoisotopic (exact) mass is 326 g/mol. The number of carbonyl (C=O) groups is 1. The molecule has 5 heteroatoms. The van der Waals surface area contributed by atoms with E-state index in [1.165, 1.54) is 23.5 Å².